The standard InChI is InChI=1S/C18H12FN3O5/c19-15-7-6-14(9-16(15)22(25)26)21-17(23)11-27-18(24)13(10-20)8-12-4-2-1-3-5-12/h1-9H,11H2,(H,21,23)/b13-8-. The minimum Gasteiger partial charge on any atom is -0.451 e. The van der Waals surface area contributed by atoms with Crippen molar-refractivity contribution in [2.45, 2.75) is 0 Å². The van der Waals surface area contributed by atoms with E-state index in [0.29, 0.717) is 5.56 Å². The highest BCUT2D eigenvalue weighted by atomic mass is 19.1. The monoisotopic (exact) mass is 369 g/mol. The average molecular weight is 369 g/mol. The molecule has 1 amide bonds. The Balaban J connectivity index is 1.98. The van der Waals surface area contributed by atoms with Crippen LogP contribution in [0.3, 0.4) is 0 Å². The maximum absolute atomic E-state index is 13.3. The minimum atomic E-state index is -1.05. The highest BCUT2D eigenvalue weighted by Crippen LogP contribution is 2.21. The minimum absolute atomic E-state index is 0.0375. The third-order valence-electron chi connectivity index (χ3n) is 3.21. The van der Waals surface area contributed by atoms with Gasteiger partial charge in [0.2, 0.25) is 5.82 Å². The van der Waals surface area contributed by atoms with Crippen molar-refractivity contribution in [2.75, 3.05) is 11.9 Å². The Morgan fingerprint density at radius 3 is 2.59 bits per heavy atom. The Morgan fingerprint density at radius 1 is 1.26 bits per heavy atom. The zero-order chi connectivity index (χ0) is 19.8. The van der Waals surface area contributed by atoms with Crippen LogP contribution < -0.4 is 5.32 Å². The largest absolute Gasteiger partial charge is 0.451 e. The molecule has 9 heteroatoms. The van der Waals surface area contributed by atoms with E-state index in [0.717, 1.165) is 18.2 Å². The molecule has 2 rings (SSSR count). The summed E-state index contributed by atoms with van der Waals surface area (Å²) in [4.78, 5) is 33.4. The molecule has 1 N–H and O–H groups in total. The quantitative estimate of drug-likeness (QED) is 0.275. The van der Waals surface area contributed by atoms with Crippen molar-refractivity contribution in [3.63, 3.8) is 0 Å². The number of amides is 1. The van der Waals surface area contributed by atoms with Crippen molar-refractivity contribution >= 4 is 29.3 Å². The summed E-state index contributed by atoms with van der Waals surface area (Å²) < 4.78 is 18.0. The van der Waals surface area contributed by atoms with E-state index in [2.05, 4.69) is 5.32 Å². The fourth-order valence-electron chi connectivity index (χ4n) is 1.99. The molecule has 0 aromatic heterocycles. The fourth-order valence-corrected chi connectivity index (χ4v) is 1.99. The molecule has 27 heavy (non-hydrogen) atoms. The number of ether oxygens (including phenoxy) is 1. The molecule has 0 spiro atoms. The summed E-state index contributed by atoms with van der Waals surface area (Å²) in [6.07, 6.45) is 1.31. The van der Waals surface area contributed by atoms with Crippen molar-refractivity contribution in [1.29, 1.82) is 5.26 Å². The lowest BCUT2D eigenvalue weighted by molar-refractivity contribution is -0.387. The zero-order valence-corrected chi connectivity index (χ0v) is 13.7. The summed E-state index contributed by atoms with van der Waals surface area (Å²) in [5, 5.41) is 22.0. The summed E-state index contributed by atoms with van der Waals surface area (Å²) >= 11 is 0. The van der Waals surface area contributed by atoms with Gasteiger partial charge in [-0.3, -0.25) is 14.9 Å². The molecular weight excluding hydrogens is 357 g/mol. The van der Waals surface area contributed by atoms with Gasteiger partial charge in [-0.15, -0.1) is 0 Å². The first-order valence-electron chi connectivity index (χ1n) is 7.48. The van der Waals surface area contributed by atoms with E-state index in [4.69, 9.17) is 10.00 Å². The summed E-state index contributed by atoms with van der Waals surface area (Å²) in [5.41, 5.74) is -0.535. The molecule has 8 nitrogen and oxygen atoms in total. The number of esters is 1. The maximum Gasteiger partial charge on any atom is 0.349 e. The summed E-state index contributed by atoms with van der Waals surface area (Å²) in [5.74, 6) is -2.85. The topological polar surface area (TPSA) is 122 Å². The Morgan fingerprint density at radius 2 is 1.96 bits per heavy atom. The summed E-state index contributed by atoms with van der Waals surface area (Å²) in [6.45, 7) is -0.724. The molecule has 0 saturated carbocycles. The highest BCUT2D eigenvalue weighted by molar-refractivity contribution is 6.00. The molecule has 0 saturated heterocycles. The van der Waals surface area contributed by atoms with Crippen LogP contribution in [0.15, 0.2) is 54.1 Å². The van der Waals surface area contributed by atoms with Gasteiger partial charge in [0.05, 0.1) is 4.92 Å². The van der Waals surface area contributed by atoms with Crippen molar-refractivity contribution in [1.82, 2.24) is 0 Å². The normalized spacial score (nSPS) is 10.6. The van der Waals surface area contributed by atoms with Gasteiger partial charge in [-0.2, -0.15) is 9.65 Å². The van der Waals surface area contributed by atoms with Gasteiger partial charge in [0.25, 0.3) is 5.91 Å². The second kappa shape index (κ2) is 8.87. The van der Waals surface area contributed by atoms with E-state index < -0.39 is 34.9 Å². The van der Waals surface area contributed by atoms with E-state index in [1.54, 1.807) is 36.4 Å². The maximum atomic E-state index is 13.3. The molecule has 0 unspecified atom stereocenters. The number of benzene rings is 2. The van der Waals surface area contributed by atoms with Crippen LogP contribution in [0.1, 0.15) is 5.56 Å². The average Bonchev–Trinajstić information content (AvgIpc) is 2.66. The molecule has 0 aliphatic heterocycles. The zero-order valence-electron chi connectivity index (χ0n) is 13.7. The Labute approximate surface area is 152 Å². The van der Waals surface area contributed by atoms with Crippen LogP contribution in [-0.4, -0.2) is 23.4 Å². The first kappa shape index (κ1) is 19.3. The van der Waals surface area contributed by atoms with Gasteiger partial charge in [0.15, 0.2) is 6.61 Å². The van der Waals surface area contributed by atoms with Crippen LogP contribution >= 0.6 is 0 Å². The van der Waals surface area contributed by atoms with Gasteiger partial charge >= 0.3 is 11.7 Å². The Bertz CT molecular complexity index is 951. The van der Waals surface area contributed by atoms with E-state index in [1.165, 1.54) is 6.08 Å². The third-order valence-corrected chi connectivity index (χ3v) is 3.21. The van der Waals surface area contributed by atoms with E-state index >= 15 is 0 Å². The summed E-state index contributed by atoms with van der Waals surface area (Å²) in [6, 6.07) is 13.1. The number of rotatable bonds is 6. The van der Waals surface area contributed by atoms with Crippen molar-refractivity contribution in [2.24, 2.45) is 0 Å². The number of nitriles is 1. The number of carbonyl (C=O) groups excluding carboxylic acids is 2. The number of nitrogens with one attached hydrogen (secondary N) is 1. The highest BCUT2D eigenvalue weighted by Gasteiger charge is 2.17. The second-order valence-corrected chi connectivity index (χ2v) is 5.13. The Kier molecular flexibility index (Phi) is 6.33. The first-order chi connectivity index (χ1) is 12.9. The molecule has 2 aromatic rings. The SMILES string of the molecule is N#C/C(=C/c1ccccc1)C(=O)OCC(=O)Nc1ccc(F)c([N+](=O)[O-])c1. The van der Waals surface area contributed by atoms with E-state index in [-0.39, 0.29) is 11.3 Å². The molecule has 0 radical (unpaired) electrons. The van der Waals surface area contributed by atoms with Gasteiger partial charge < -0.3 is 10.1 Å². The van der Waals surface area contributed by atoms with Gasteiger partial charge in [0, 0.05) is 11.8 Å². The molecule has 0 aliphatic carbocycles. The molecular formula is C18H12FN3O5. The lowest BCUT2D eigenvalue weighted by atomic mass is 10.1. The first-order valence-corrected chi connectivity index (χ1v) is 7.48. The third kappa shape index (κ3) is 5.47. The smallest absolute Gasteiger partial charge is 0.349 e. The number of hydrogen-bond donors (Lipinski definition) is 1. The van der Waals surface area contributed by atoms with Gasteiger partial charge in [-0.05, 0) is 23.8 Å². The van der Waals surface area contributed by atoms with Crippen molar-refractivity contribution in [3.05, 3.63) is 75.6 Å². The second-order valence-electron chi connectivity index (χ2n) is 5.13. The molecule has 0 atom stereocenters. The molecule has 2 aromatic carbocycles. The lowest BCUT2D eigenvalue weighted by Gasteiger charge is -2.06. The van der Waals surface area contributed by atoms with Crippen LogP contribution in [0.25, 0.3) is 6.08 Å². The molecule has 136 valence electrons. The number of nitro groups is 1. The number of anilines is 1. The fraction of sp³-hybridized carbons (Fsp3) is 0.0556. The number of nitrogens with zero attached hydrogens (tertiary/aromatic N) is 2. The Hall–Kier alpha value is -4.06. The van der Waals surface area contributed by atoms with Gasteiger partial charge in [0.1, 0.15) is 11.6 Å². The van der Waals surface area contributed by atoms with E-state index in [1.807, 2.05) is 0 Å². The number of hydrogen-bond acceptors (Lipinski definition) is 6. The number of carbonyl (C=O) groups is 2. The molecule has 0 fully saturated rings. The van der Waals surface area contributed by atoms with Crippen molar-refractivity contribution in [3.8, 4) is 6.07 Å². The lowest BCUT2D eigenvalue weighted by Crippen LogP contribution is -2.21. The van der Waals surface area contributed by atoms with Gasteiger partial charge in [-0.1, -0.05) is 30.3 Å². The van der Waals surface area contributed by atoms with Crippen LogP contribution in [0.2, 0.25) is 0 Å². The molecule has 0 aliphatic rings. The van der Waals surface area contributed by atoms with Crippen LogP contribution in [0, 0.1) is 27.3 Å². The molecule has 0 heterocycles. The van der Waals surface area contributed by atoms with Crippen molar-refractivity contribution < 1.29 is 23.6 Å². The van der Waals surface area contributed by atoms with Crippen LogP contribution in [0.4, 0.5) is 15.8 Å². The molecule has 0 bridgehead atoms. The van der Waals surface area contributed by atoms with Crippen LogP contribution in [0.5, 0.6) is 0 Å². The predicted octanol–water partition coefficient (Wildman–Crippen LogP) is 2.82. The summed E-state index contributed by atoms with van der Waals surface area (Å²) in [7, 11) is 0. The van der Waals surface area contributed by atoms with Crippen LogP contribution in [-0.2, 0) is 14.3 Å². The van der Waals surface area contributed by atoms with E-state index in [9.17, 15) is 24.1 Å². The number of halogens is 1. The number of nitro benzene ring substituents is 1. The van der Waals surface area contributed by atoms with Gasteiger partial charge in [-0.25, -0.2) is 4.79 Å². The predicted molar refractivity (Wildman–Crippen MR) is 92.7 cm³/mol.